The lowest BCUT2D eigenvalue weighted by Crippen LogP contribution is -2.29. The van der Waals surface area contributed by atoms with Gasteiger partial charge in [0.15, 0.2) is 0 Å². The van der Waals surface area contributed by atoms with Crippen molar-refractivity contribution >= 4 is 5.97 Å². The molecule has 0 aromatic carbocycles. The summed E-state index contributed by atoms with van der Waals surface area (Å²) >= 11 is 0. The fourth-order valence-electron chi connectivity index (χ4n) is 2.77. The van der Waals surface area contributed by atoms with Crippen LogP contribution in [0.5, 0.6) is 0 Å². The van der Waals surface area contributed by atoms with Crippen LogP contribution in [0.2, 0.25) is 0 Å². The molecule has 4 heteroatoms. The Morgan fingerprint density at radius 3 is 2.74 bits per heavy atom. The van der Waals surface area contributed by atoms with Crippen LogP contribution in [0.4, 0.5) is 0 Å². The van der Waals surface area contributed by atoms with Crippen LogP contribution < -0.4 is 0 Å². The van der Waals surface area contributed by atoms with E-state index in [1.165, 1.54) is 32.1 Å². The third kappa shape index (κ3) is 3.17. The van der Waals surface area contributed by atoms with E-state index in [9.17, 15) is 9.90 Å². The molecule has 0 saturated heterocycles. The SMILES string of the molecule is CCC(C)(Cc1ccn(C2CCCCC2)n1)C(=O)O. The largest absolute Gasteiger partial charge is 0.481 e. The van der Waals surface area contributed by atoms with Crippen molar-refractivity contribution in [3.63, 3.8) is 0 Å². The summed E-state index contributed by atoms with van der Waals surface area (Å²) in [6.07, 6.45) is 9.44. The van der Waals surface area contributed by atoms with Crippen molar-refractivity contribution in [1.29, 1.82) is 0 Å². The number of hydrogen-bond acceptors (Lipinski definition) is 2. The fourth-order valence-corrected chi connectivity index (χ4v) is 2.77. The lowest BCUT2D eigenvalue weighted by Gasteiger charge is -2.23. The summed E-state index contributed by atoms with van der Waals surface area (Å²) in [6, 6.07) is 2.49. The molecule has 1 aliphatic rings. The molecule has 0 spiro atoms. The maximum Gasteiger partial charge on any atom is 0.309 e. The second-order valence-electron chi connectivity index (χ2n) is 5.98. The Balaban J connectivity index is 2.06. The molecule has 1 aromatic heterocycles. The van der Waals surface area contributed by atoms with Crippen LogP contribution in [-0.4, -0.2) is 20.9 Å². The van der Waals surface area contributed by atoms with E-state index in [1.54, 1.807) is 6.92 Å². The van der Waals surface area contributed by atoms with E-state index in [0.29, 0.717) is 18.9 Å². The Labute approximate surface area is 114 Å². The highest BCUT2D eigenvalue weighted by molar-refractivity contribution is 5.74. The van der Waals surface area contributed by atoms with Crippen LogP contribution in [0.15, 0.2) is 12.3 Å². The summed E-state index contributed by atoms with van der Waals surface area (Å²) in [6.45, 7) is 3.72. The van der Waals surface area contributed by atoms with Crippen LogP contribution in [0.25, 0.3) is 0 Å². The molecule has 0 amide bonds. The Hall–Kier alpha value is -1.32. The summed E-state index contributed by atoms with van der Waals surface area (Å²) < 4.78 is 2.05. The Morgan fingerprint density at radius 2 is 2.16 bits per heavy atom. The molecule has 1 saturated carbocycles. The monoisotopic (exact) mass is 264 g/mol. The molecule has 106 valence electrons. The van der Waals surface area contributed by atoms with Gasteiger partial charge in [0, 0.05) is 12.6 Å². The average molecular weight is 264 g/mol. The first-order chi connectivity index (χ1) is 9.05. The Bertz CT molecular complexity index is 435. The first-order valence-electron chi connectivity index (χ1n) is 7.32. The van der Waals surface area contributed by atoms with Crippen LogP contribution in [-0.2, 0) is 11.2 Å². The van der Waals surface area contributed by atoms with E-state index < -0.39 is 11.4 Å². The van der Waals surface area contributed by atoms with E-state index in [-0.39, 0.29) is 0 Å². The molecule has 1 heterocycles. The Morgan fingerprint density at radius 1 is 1.47 bits per heavy atom. The second kappa shape index (κ2) is 5.76. The van der Waals surface area contributed by atoms with Crippen molar-refractivity contribution in [2.75, 3.05) is 0 Å². The van der Waals surface area contributed by atoms with Gasteiger partial charge in [-0.3, -0.25) is 9.48 Å². The van der Waals surface area contributed by atoms with Gasteiger partial charge in [-0.1, -0.05) is 26.2 Å². The van der Waals surface area contributed by atoms with E-state index in [2.05, 4.69) is 5.10 Å². The molecule has 0 radical (unpaired) electrons. The van der Waals surface area contributed by atoms with Gasteiger partial charge < -0.3 is 5.11 Å². The molecule has 1 aromatic rings. The zero-order valence-corrected chi connectivity index (χ0v) is 11.9. The molecule has 1 N–H and O–H groups in total. The molecule has 19 heavy (non-hydrogen) atoms. The lowest BCUT2D eigenvalue weighted by atomic mass is 9.83. The number of hydrogen-bond donors (Lipinski definition) is 1. The molecule has 1 fully saturated rings. The van der Waals surface area contributed by atoms with E-state index >= 15 is 0 Å². The minimum absolute atomic E-state index is 0.512. The molecule has 2 rings (SSSR count). The first-order valence-corrected chi connectivity index (χ1v) is 7.32. The molecule has 0 aliphatic heterocycles. The van der Waals surface area contributed by atoms with E-state index in [4.69, 9.17) is 0 Å². The molecular weight excluding hydrogens is 240 g/mol. The van der Waals surface area contributed by atoms with Gasteiger partial charge in [-0.25, -0.2) is 0 Å². The molecular formula is C15H24N2O2. The van der Waals surface area contributed by atoms with Crippen molar-refractivity contribution in [2.24, 2.45) is 5.41 Å². The number of aromatic nitrogens is 2. The predicted octanol–water partition coefficient (Wildman–Crippen LogP) is 3.43. The number of carboxylic acids is 1. The van der Waals surface area contributed by atoms with Gasteiger partial charge in [-0.05, 0) is 32.3 Å². The predicted molar refractivity (Wildman–Crippen MR) is 74.1 cm³/mol. The first kappa shape index (κ1) is 14.1. The molecule has 0 bridgehead atoms. The maximum atomic E-state index is 11.3. The zero-order chi connectivity index (χ0) is 13.9. The molecule has 1 unspecified atom stereocenters. The van der Waals surface area contributed by atoms with Gasteiger partial charge in [0.2, 0.25) is 0 Å². The second-order valence-corrected chi connectivity index (χ2v) is 5.98. The minimum Gasteiger partial charge on any atom is -0.481 e. The van der Waals surface area contributed by atoms with E-state index in [1.807, 2.05) is 23.9 Å². The third-order valence-corrected chi connectivity index (χ3v) is 4.48. The number of carboxylic acid groups (broad SMARTS) is 1. The topological polar surface area (TPSA) is 55.1 Å². The molecule has 1 atom stereocenters. The van der Waals surface area contributed by atoms with Crippen molar-refractivity contribution in [3.8, 4) is 0 Å². The van der Waals surface area contributed by atoms with Crippen LogP contribution in [0, 0.1) is 5.41 Å². The van der Waals surface area contributed by atoms with Gasteiger partial charge in [0.1, 0.15) is 0 Å². The minimum atomic E-state index is -0.734. The molecule has 1 aliphatic carbocycles. The summed E-state index contributed by atoms with van der Waals surface area (Å²) in [5.74, 6) is -0.734. The Kier molecular flexibility index (Phi) is 4.27. The zero-order valence-electron chi connectivity index (χ0n) is 11.9. The van der Waals surface area contributed by atoms with Crippen LogP contribution in [0.1, 0.15) is 64.1 Å². The van der Waals surface area contributed by atoms with Crippen molar-refractivity contribution < 1.29 is 9.90 Å². The van der Waals surface area contributed by atoms with Gasteiger partial charge >= 0.3 is 5.97 Å². The van der Waals surface area contributed by atoms with Crippen LogP contribution in [0.3, 0.4) is 0 Å². The maximum absolute atomic E-state index is 11.3. The quantitative estimate of drug-likeness (QED) is 0.886. The van der Waals surface area contributed by atoms with Crippen molar-refractivity contribution in [1.82, 2.24) is 9.78 Å². The number of carbonyl (C=O) groups is 1. The van der Waals surface area contributed by atoms with Crippen LogP contribution >= 0.6 is 0 Å². The number of rotatable bonds is 5. The van der Waals surface area contributed by atoms with Gasteiger partial charge in [-0.2, -0.15) is 5.10 Å². The standard InChI is InChI=1S/C15H24N2O2/c1-3-15(2,14(18)19)11-12-9-10-17(16-12)13-7-5-4-6-8-13/h9-10,13H,3-8,11H2,1-2H3,(H,18,19). The lowest BCUT2D eigenvalue weighted by molar-refractivity contribution is -0.148. The summed E-state index contributed by atoms with van der Waals surface area (Å²) in [5, 5.41) is 13.9. The fraction of sp³-hybridized carbons (Fsp3) is 0.733. The highest BCUT2D eigenvalue weighted by atomic mass is 16.4. The number of aliphatic carboxylic acids is 1. The summed E-state index contributed by atoms with van der Waals surface area (Å²) in [7, 11) is 0. The molecule has 4 nitrogen and oxygen atoms in total. The van der Waals surface area contributed by atoms with Gasteiger partial charge in [0.05, 0.1) is 17.2 Å². The smallest absolute Gasteiger partial charge is 0.309 e. The van der Waals surface area contributed by atoms with Crippen molar-refractivity contribution in [2.45, 2.75) is 64.8 Å². The summed E-state index contributed by atoms with van der Waals surface area (Å²) in [5.41, 5.74) is 0.198. The van der Waals surface area contributed by atoms with Crippen molar-refractivity contribution in [3.05, 3.63) is 18.0 Å². The third-order valence-electron chi connectivity index (χ3n) is 4.48. The van der Waals surface area contributed by atoms with Gasteiger partial charge in [-0.15, -0.1) is 0 Å². The highest BCUT2D eigenvalue weighted by Crippen LogP contribution is 2.29. The number of nitrogens with zero attached hydrogens (tertiary/aromatic N) is 2. The van der Waals surface area contributed by atoms with Gasteiger partial charge in [0.25, 0.3) is 0 Å². The highest BCUT2D eigenvalue weighted by Gasteiger charge is 2.32. The van der Waals surface area contributed by atoms with E-state index in [0.717, 1.165) is 5.69 Å². The average Bonchev–Trinajstić information content (AvgIpc) is 2.87. The normalized spacial score (nSPS) is 20.1. The summed E-state index contributed by atoms with van der Waals surface area (Å²) in [4.78, 5) is 11.3.